The number of aryl methyl sites for hydroxylation is 1. The lowest BCUT2D eigenvalue weighted by Gasteiger charge is -2.12. The van der Waals surface area contributed by atoms with Gasteiger partial charge in [-0.2, -0.15) is 0 Å². The highest BCUT2D eigenvalue weighted by Gasteiger charge is 2.23. The van der Waals surface area contributed by atoms with Gasteiger partial charge in [0.2, 0.25) is 0 Å². The second-order valence-corrected chi connectivity index (χ2v) is 6.51. The van der Waals surface area contributed by atoms with Gasteiger partial charge in [0.25, 0.3) is 5.91 Å². The Morgan fingerprint density at radius 3 is 2.48 bits per heavy atom. The molecule has 0 radical (unpaired) electrons. The van der Waals surface area contributed by atoms with Crippen LogP contribution in [0.3, 0.4) is 0 Å². The fraction of sp³-hybridized carbons (Fsp3) is 0.278. The van der Waals surface area contributed by atoms with Crippen molar-refractivity contribution in [3.8, 4) is 0 Å². The molecule has 1 aliphatic rings. The molecule has 1 saturated heterocycles. The lowest BCUT2D eigenvalue weighted by molar-refractivity contribution is -0.124. The maximum Gasteiger partial charge on any atom is 0.253 e. The molecule has 2 aromatic carbocycles. The molecule has 120 valence electrons. The topological polar surface area (TPSA) is 50.4 Å². The maximum atomic E-state index is 12.0. The molecule has 2 aromatic rings. The number of carbonyl (C=O) groups excluding carboxylic acids is 1. The highest BCUT2D eigenvalue weighted by Crippen LogP contribution is 2.24. The van der Waals surface area contributed by atoms with Gasteiger partial charge in [0.15, 0.2) is 0 Å². The summed E-state index contributed by atoms with van der Waals surface area (Å²) in [6.45, 7) is 2.73. The second-order valence-electron chi connectivity index (χ2n) is 5.66. The van der Waals surface area contributed by atoms with Gasteiger partial charge in [0.05, 0.1) is 0 Å². The highest BCUT2D eigenvalue weighted by molar-refractivity contribution is 9.10. The monoisotopic (exact) mass is 374 g/mol. The van der Waals surface area contributed by atoms with Crippen LogP contribution in [0.15, 0.2) is 46.9 Å². The summed E-state index contributed by atoms with van der Waals surface area (Å²) in [4.78, 5) is 12.0. The normalized spacial score (nSPS) is 17.0. The van der Waals surface area contributed by atoms with Gasteiger partial charge in [-0.25, -0.2) is 0 Å². The maximum absolute atomic E-state index is 12.0. The van der Waals surface area contributed by atoms with Gasteiger partial charge in [-0.15, -0.1) is 0 Å². The van der Waals surface area contributed by atoms with Crippen LogP contribution in [0, 0.1) is 6.92 Å². The predicted molar refractivity (Wildman–Crippen MR) is 96.2 cm³/mol. The number of hydrogen-bond acceptors (Lipinski definition) is 3. The summed E-state index contributed by atoms with van der Waals surface area (Å²) < 4.78 is 6.48. The minimum atomic E-state index is -0.307. The fourth-order valence-corrected chi connectivity index (χ4v) is 2.78. The summed E-state index contributed by atoms with van der Waals surface area (Å²) in [6, 6.07) is 13.8. The van der Waals surface area contributed by atoms with E-state index < -0.39 is 0 Å². The molecular formula is C18H19BrN2O2. The molecule has 1 heterocycles. The van der Waals surface area contributed by atoms with E-state index in [9.17, 15) is 4.79 Å². The van der Waals surface area contributed by atoms with Crippen LogP contribution < -0.4 is 10.6 Å². The molecule has 1 unspecified atom stereocenters. The molecule has 1 amide bonds. The van der Waals surface area contributed by atoms with Gasteiger partial charge in [-0.05, 0) is 67.8 Å². The Morgan fingerprint density at radius 1 is 1.13 bits per heavy atom. The van der Waals surface area contributed by atoms with Crippen LogP contribution in [0.1, 0.15) is 18.4 Å². The molecule has 1 atom stereocenters. The number of hydrogen-bond donors (Lipinski definition) is 2. The van der Waals surface area contributed by atoms with Crippen molar-refractivity contribution in [1.29, 1.82) is 0 Å². The van der Waals surface area contributed by atoms with Crippen molar-refractivity contribution in [2.45, 2.75) is 25.9 Å². The molecule has 1 aliphatic heterocycles. The van der Waals surface area contributed by atoms with Gasteiger partial charge < -0.3 is 15.4 Å². The molecule has 23 heavy (non-hydrogen) atoms. The molecule has 4 nitrogen and oxygen atoms in total. The van der Waals surface area contributed by atoms with Crippen molar-refractivity contribution in [3.63, 3.8) is 0 Å². The first-order valence-corrected chi connectivity index (χ1v) is 8.47. The first-order valence-electron chi connectivity index (χ1n) is 7.67. The van der Waals surface area contributed by atoms with Crippen LogP contribution in [0.25, 0.3) is 0 Å². The molecule has 1 fully saturated rings. The van der Waals surface area contributed by atoms with E-state index in [1.807, 2.05) is 36.4 Å². The van der Waals surface area contributed by atoms with Crippen LogP contribution in [0.4, 0.5) is 17.1 Å². The van der Waals surface area contributed by atoms with E-state index >= 15 is 0 Å². The SMILES string of the molecule is Cc1cc(Nc2ccc(NC(=O)C3CCCO3)cc2)ccc1Br. The Morgan fingerprint density at radius 2 is 1.83 bits per heavy atom. The second kappa shape index (κ2) is 7.15. The van der Waals surface area contributed by atoms with E-state index in [-0.39, 0.29) is 12.0 Å². The van der Waals surface area contributed by atoms with Gasteiger partial charge in [0.1, 0.15) is 6.10 Å². The van der Waals surface area contributed by atoms with Crippen molar-refractivity contribution in [2.75, 3.05) is 17.2 Å². The summed E-state index contributed by atoms with van der Waals surface area (Å²) in [5.41, 5.74) is 3.96. The lowest BCUT2D eigenvalue weighted by Crippen LogP contribution is -2.26. The van der Waals surface area contributed by atoms with E-state index in [0.29, 0.717) is 6.61 Å². The van der Waals surface area contributed by atoms with E-state index in [1.165, 1.54) is 5.56 Å². The van der Waals surface area contributed by atoms with Crippen molar-refractivity contribution in [2.24, 2.45) is 0 Å². The number of halogens is 1. The number of carbonyl (C=O) groups is 1. The van der Waals surface area contributed by atoms with Crippen molar-refractivity contribution >= 4 is 38.9 Å². The fourth-order valence-electron chi connectivity index (χ4n) is 2.53. The van der Waals surface area contributed by atoms with Crippen LogP contribution in [0.5, 0.6) is 0 Å². The minimum absolute atomic E-state index is 0.0632. The summed E-state index contributed by atoms with van der Waals surface area (Å²) in [6.07, 6.45) is 1.45. The van der Waals surface area contributed by atoms with Gasteiger partial charge >= 0.3 is 0 Å². The molecule has 0 spiro atoms. The van der Waals surface area contributed by atoms with Crippen molar-refractivity contribution in [3.05, 3.63) is 52.5 Å². The Kier molecular flexibility index (Phi) is 4.98. The molecule has 5 heteroatoms. The van der Waals surface area contributed by atoms with Crippen molar-refractivity contribution in [1.82, 2.24) is 0 Å². The number of anilines is 3. The Hall–Kier alpha value is -1.85. The van der Waals surface area contributed by atoms with Gasteiger partial charge in [0, 0.05) is 28.1 Å². The Balaban J connectivity index is 1.62. The molecule has 0 saturated carbocycles. The first kappa shape index (κ1) is 16.0. The van der Waals surface area contributed by atoms with E-state index in [4.69, 9.17) is 4.74 Å². The van der Waals surface area contributed by atoms with E-state index in [2.05, 4.69) is 39.6 Å². The average Bonchev–Trinajstić information content (AvgIpc) is 3.07. The summed E-state index contributed by atoms with van der Waals surface area (Å²) in [7, 11) is 0. The van der Waals surface area contributed by atoms with Crippen LogP contribution in [-0.2, 0) is 9.53 Å². The van der Waals surface area contributed by atoms with Crippen LogP contribution in [-0.4, -0.2) is 18.6 Å². The Labute approximate surface area is 144 Å². The summed E-state index contributed by atoms with van der Waals surface area (Å²) in [5, 5.41) is 6.24. The molecule has 0 bridgehead atoms. The third-order valence-corrected chi connectivity index (χ3v) is 4.71. The molecule has 0 aliphatic carbocycles. The smallest absolute Gasteiger partial charge is 0.253 e. The zero-order valence-electron chi connectivity index (χ0n) is 12.9. The standard InChI is InChI=1S/C18H19BrN2O2/c1-12-11-15(8-9-16(12)19)20-13-4-6-14(7-5-13)21-18(22)17-3-2-10-23-17/h4-9,11,17,20H,2-3,10H2,1H3,(H,21,22). The molecule has 0 aromatic heterocycles. The third kappa shape index (κ3) is 4.12. The number of amides is 1. The largest absolute Gasteiger partial charge is 0.368 e. The predicted octanol–water partition coefficient (Wildman–Crippen LogP) is 4.62. The van der Waals surface area contributed by atoms with Crippen LogP contribution >= 0.6 is 15.9 Å². The lowest BCUT2D eigenvalue weighted by atomic mass is 10.2. The van der Waals surface area contributed by atoms with Gasteiger partial charge in [-0.1, -0.05) is 15.9 Å². The number of rotatable bonds is 4. The Bertz CT molecular complexity index is 695. The minimum Gasteiger partial charge on any atom is -0.368 e. The quantitative estimate of drug-likeness (QED) is 0.820. The molecular weight excluding hydrogens is 356 g/mol. The molecule has 3 rings (SSSR count). The number of benzene rings is 2. The third-order valence-electron chi connectivity index (χ3n) is 3.82. The van der Waals surface area contributed by atoms with Crippen molar-refractivity contribution < 1.29 is 9.53 Å². The van der Waals surface area contributed by atoms with E-state index in [1.54, 1.807) is 0 Å². The first-order chi connectivity index (χ1) is 11.1. The van der Waals surface area contributed by atoms with Gasteiger partial charge in [-0.3, -0.25) is 4.79 Å². The average molecular weight is 375 g/mol. The zero-order valence-corrected chi connectivity index (χ0v) is 14.5. The summed E-state index contributed by atoms with van der Waals surface area (Å²) >= 11 is 3.50. The zero-order chi connectivity index (χ0) is 16.2. The van der Waals surface area contributed by atoms with E-state index in [0.717, 1.165) is 34.4 Å². The van der Waals surface area contributed by atoms with Crippen LogP contribution in [0.2, 0.25) is 0 Å². The highest BCUT2D eigenvalue weighted by atomic mass is 79.9. The summed E-state index contributed by atoms with van der Waals surface area (Å²) in [5.74, 6) is -0.0632. The number of ether oxygens (including phenoxy) is 1. The molecule has 2 N–H and O–H groups in total. The number of nitrogens with one attached hydrogen (secondary N) is 2.